The van der Waals surface area contributed by atoms with Crippen LogP contribution in [0.2, 0.25) is 0 Å². The van der Waals surface area contributed by atoms with Crippen molar-refractivity contribution in [3.63, 3.8) is 0 Å². The maximum Gasteiger partial charge on any atom is 0.0144 e. The van der Waals surface area contributed by atoms with E-state index in [1.165, 1.54) is 32.1 Å². The number of nitrogens with one attached hydrogen (secondary N) is 2. The van der Waals surface area contributed by atoms with Crippen LogP contribution in [0.25, 0.3) is 0 Å². The normalized spacial score (nSPS) is 31.2. The van der Waals surface area contributed by atoms with Crippen LogP contribution in [-0.2, 0) is 0 Å². The molecule has 88 valence electrons. The molecule has 0 aromatic carbocycles. The Labute approximate surface area is 94.2 Å². The quantitative estimate of drug-likeness (QED) is 0.731. The topological polar surface area (TPSA) is 24.1 Å². The van der Waals surface area contributed by atoms with E-state index < -0.39 is 0 Å². The molecular formula is C13H26N2. The molecule has 2 heteroatoms. The molecule has 0 aromatic rings. The van der Waals surface area contributed by atoms with Gasteiger partial charge in [-0.1, -0.05) is 6.42 Å². The van der Waals surface area contributed by atoms with E-state index in [-0.39, 0.29) is 11.1 Å². The molecule has 2 rings (SSSR count). The Kier molecular flexibility index (Phi) is 2.85. The molecule has 0 radical (unpaired) electrons. The average Bonchev–Trinajstić information content (AvgIpc) is 1.90. The van der Waals surface area contributed by atoms with Crippen molar-refractivity contribution in [1.82, 2.24) is 10.6 Å². The Morgan fingerprint density at radius 1 is 0.933 bits per heavy atom. The molecule has 1 heterocycles. The first-order valence-electron chi connectivity index (χ1n) is 6.42. The van der Waals surface area contributed by atoms with Crippen LogP contribution in [0.1, 0.15) is 59.8 Å². The van der Waals surface area contributed by atoms with Gasteiger partial charge in [-0.2, -0.15) is 0 Å². The van der Waals surface area contributed by atoms with Crippen LogP contribution < -0.4 is 10.6 Å². The van der Waals surface area contributed by atoms with Gasteiger partial charge < -0.3 is 10.6 Å². The van der Waals surface area contributed by atoms with E-state index in [1.807, 2.05) is 0 Å². The average molecular weight is 210 g/mol. The molecule has 0 amide bonds. The Morgan fingerprint density at radius 2 is 1.47 bits per heavy atom. The highest BCUT2D eigenvalue weighted by molar-refractivity contribution is 5.00. The van der Waals surface area contributed by atoms with Gasteiger partial charge in [0, 0.05) is 23.2 Å². The first-order chi connectivity index (χ1) is 6.86. The molecular weight excluding hydrogens is 184 g/mol. The molecule has 0 aromatic heterocycles. The van der Waals surface area contributed by atoms with Crippen molar-refractivity contribution in [3.8, 4) is 0 Å². The SMILES string of the molecule is CC1(C)CC(NC2CCC2)CC(C)(C)N1. The van der Waals surface area contributed by atoms with Crippen LogP contribution in [0.4, 0.5) is 0 Å². The molecule has 2 nitrogen and oxygen atoms in total. The van der Waals surface area contributed by atoms with Crippen molar-refractivity contribution < 1.29 is 0 Å². The predicted octanol–water partition coefficient (Wildman–Crippen LogP) is 2.44. The Bertz CT molecular complexity index is 213. The monoisotopic (exact) mass is 210 g/mol. The van der Waals surface area contributed by atoms with Crippen molar-refractivity contribution in [2.45, 2.75) is 83.0 Å². The minimum Gasteiger partial charge on any atom is -0.311 e. The summed E-state index contributed by atoms with van der Waals surface area (Å²) in [4.78, 5) is 0. The summed E-state index contributed by atoms with van der Waals surface area (Å²) in [7, 11) is 0. The summed E-state index contributed by atoms with van der Waals surface area (Å²) in [6, 6.07) is 1.53. The van der Waals surface area contributed by atoms with E-state index in [2.05, 4.69) is 38.3 Å². The summed E-state index contributed by atoms with van der Waals surface area (Å²) in [5.41, 5.74) is 0.562. The van der Waals surface area contributed by atoms with E-state index in [0.717, 1.165) is 6.04 Å². The Hall–Kier alpha value is -0.0800. The van der Waals surface area contributed by atoms with Gasteiger partial charge in [-0.05, 0) is 53.4 Å². The van der Waals surface area contributed by atoms with Gasteiger partial charge in [0.2, 0.25) is 0 Å². The molecule has 0 unspecified atom stereocenters. The minimum atomic E-state index is 0.281. The lowest BCUT2D eigenvalue weighted by molar-refractivity contribution is 0.130. The lowest BCUT2D eigenvalue weighted by Gasteiger charge is -2.48. The number of hydrogen-bond acceptors (Lipinski definition) is 2. The third kappa shape index (κ3) is 2.94. The molecule has 1 saturated heterocycles. The maximum atomic E-state index is 3.83. The highest BCUT2D eigenvalue weighted by Gasteiger charge is 2.38. The molecule has 1 saturated carbocycles. The second-order valence-corrected chi connectivity index (χ2v) is 6.79. The Morgan fingerprint density at radius 3 is 1.87 bits per heavy atom. The van der Waals surface area contributed by atoms with E-state index in [1.54, 1.807) is 0 Å². The smallest absolute Gasteiger partial charge is 0.0144 e. The zero-order chi connectivity index (χ0) is 11.1. The summed E-state index contributed by atoms with van der Waals surface area (Å²) in [6.07, 6.45) is 6.73. The molecule has 0 spiro atoms. The maximum absolute atomic E-state index is 3.83. The number of rotatable bonds is 2. The third-order valence-corrected chi connectivity index (χ3v) is 3.77. The second kappa shape index (κ2) is 3.74. The van der Waals surface area contributed by atoms with Crippen molar-refractivity contribution in [2.24, 2.45) is 0 Å². The third-order valence-electron chi connectivity index (χ3n) is 3.77. The lowest BCUT2D eigenvalue weighted by Crippen LogP contribution is -2.62. The summed E-state index contributed by atoms with van der Waals surface area (Å²) in [5.74, 6) is 0. The van der Waals surface area contributed by atoms with Crippen molar-refractivity contribution in [1.29, 1.82) is 0 Å². The predicted molar refractivity (Wildman–Crippen MR) is 65.1 cm³/mol. The van der Waals surface area contributed by atoms with Crippen LogP contribution in [0.3, 0.4) is 0 Å². The standard InChI is InChI=1S/C13H26N2/c1-12(2)8-11(9-13(3,4)15-12)14-10-6-5-7-10/h10-11,14-15H,5-9H2,1-4H3. The molecule has 2 fully saturated rings. The van der Waals surface area contributed by atoms with E-state index in [9.17, 15) is 0 Å². The minimum absolute atomic E-state index is 0.281. The molecule has 1 aliphatic carbocycles. The summed E-state index contributed by atoms with van der Waals surface area (Å²) >= 11 is 0. The molecule has 1 aliphatic heterocycles. The molecule has 2 aliphatic rings. The zero-order valence-electron chi connectivity index (χ0n) is 10.7. The van der Waals surface area contributed by atoms with E-state index in [4.69, 9.17) is 0 Å². The summed E-state index contributed by atoms with van der Waals surface area (Å²) in [5, 5.41) is 7.56. The molecule has 15 heavy (non-hydrogen) atoms. The zero-order valence-corrected chi connectivity index (χ0v) is 10.7. The van der Waals surface area contributed by atoms with Crippen LogP contribution in [0, 0.1) is 0 Å². The molecule has 2 N–H and O–H groups in total. The van der Waals surface area contributed by atoms with Crippen molar-refractivity contribution >= 4 is 0 Å². The van der Waals surface area contributed by atoms with Gasteiger partial charge in [0.25, 0.3) is 0 Å². The summed E-state index contributed by atoms with van der Waals surface area (Å²) < 4.78 is 0. The van der Waals surface area contributed by atoms with Gasteiger partial charge in [-0.15, -0.1) is 0 Å². The van der Waals surface area contributed by atoms with Crippen LogP contribution in [0.15, 0.2) is 0 Å². The number of piperidine rings is 1. The van der Waals surface area contributed by atoms with Gasteiger partial charge in [0.15, 0.2) is 0 Å². The Balaban J connectivity index is 1.93. The van der Waals surface area contributed by atoms with Crippen LogP contribution >= 0.6 is 0 Å². The lowest BCUT2D eigenvalue weighted by atomic mass is 9.78. The van der Waals surface area contributed by atoms with Crippen LogP contribution in [-0.4, -0.2) is 23.2 Å². The van der Waals surface area contributed by atoms with E-state index >= 15 is 0 Å². The van der Waals surface area contributed by atoms with Crippen molar-refractivity contribution in [3.05, 3.63) is 0 Å². The van der Waals surface area contributed by atoms with Gasteiger partial charge in [0.05, 0.1) is 0 Å². The second-order valence-electron chi connectivity index (χ2n) is 6.79. The van der Waals surface area contributed by atoms with Crippen LogP contribution in [0.5, 0.6) is 0 Å². The fourth-order valence-corrected chi connectivity index (χ4v) is 3.35. The fourth-order valence-electron chi connectivity index (χ4n) is 3.35. The van der Waals surface area contributed by atoms with Gasteiger partial charge >= 0.3 is 0 Å². The fraction of sp³-hybridized carbons (Fsp3) is 1.00. The summed E-state index contributed by atoms with van der Waals surface area (Å²) in [6.45, 7) is 9.29. The van der Waals surface area contributed by atoms with Crippen molar-refractivity contribution in [2.75, 3.05) is 0 Å². The highest BCUT2D eigenvalue weighted by atomic mass is 15.1. The van der Waals surface area contributed by atoms with E-state index in [0.29, 0.717) is 6.04 Å². The largest absolute Gasteiger partial charge is 0.311 e. The van der Waals surface area contributed by atoms with Gasteiger partial charge in [0.1, 0.15) is 0 Å². The first kappa shape index (κ1) is 11.4. The molecule has 0 bridgehead atoms. The van der Waals surface area contributed by atoms with Gasteiger partial charge in [-0.25, -0.2) is 0 Å². The molecule has 0 atom stereocenters. The van der Waals surface area contributed by atoms with Gasteiger partial charge in [-0.3, -0.25) is 0 Å². The highest BCUT2D eigenvalue weighted by Crippen LogP contribution is 2.30. The first-order valence-corrected chi connectivity index (χ1v) is 6.42. The number of hydrogen-bond donors (Lipinski definition) is 2.